The molecule has 7 nitrogen and oxygen atoms in total. The Morgan fingerprint density at radius 1 is 1.19 bits per heavy atom. The van der Waals surface area contributed by atoms with Crippen molar-refractivity contribution in [2.45, 2.75) is 18.3 Å². The summed E-state index contributed by atoms with van der Waals surface area (Å²) < 4.78 is 0.707. The maximum Gasteiger partial charge on any atom is 0.269 e. The number of hydrogen-bond acceptors (Lipinski definition) is 4. The van der Waals surface area contributed by atoms with Crippen molar-refractivity contribution in [3.63, 3.8) is 0 Å². The van der Waals surface area contributed by atoms with Crippen molar-refractivity contribution >= 4 is 50.9 Å². The topological polar surface area (TPSA) is 98.7 Å². The van der Waals surface area contributed by atoms with Crippen LogP contribution in [0.15, 0.2) is 46.9 Å². The molecule has 1 heterocycles. The van der Waals surface area contributed by atoms with E-state index in [1.807, 2.05) is 0 Å². The number of aromatic hydroxyl groups is 1. The summed E-state index contributed by atoms with van der Waals surface area (Å²) in [5.41, 5.74) is 3.79. The van der Waals surface area contributed by atoms with Gasteiger partial charge in [0.15, 0.2) is 0 Å². The predicted octanol–water partition coefficient (Wildman–Crippen LogP) is 2.95. The van der Waals surface area contributed by atoms with E-state index < -0.39 is 23.2 Å². The van der Waals surface area contributed by atoms with Crippen LogP contribution < -0.4 is 10.7 Å². The summed E-state index contributed by atoms with van der Waals surface area (Å²) in [5, 5.41) is 12.9. The molecule has 2 aromatic rings. The second-order valence-electron chi connectivity index (χ2n) is 5.96. The average Bonchev–Trinajstić information content (AvgIpc) is 2.63. The van der Waals surface area contributed by atoms with Crippen LogP contribution in [0.1, 0.15) is 28.9 Å². The Labute approximate surface area is 168 Å². The molecule has 1 aliphatic heterocycles. The summed E-state index contributed by atoms with van der Waals surface area (Å²) in [6.07, 6.45) is 0. The second kappa shape index (κ2) is 7.58. The van der Waals surface area contributed by atoms with Crippen LogP contribution in [-0.4, -0.2) is 33.2 Å². The van der Waals surface area contributed by atoms with Crippen LogP contribution in [0.4, 0.5) is 5.69 Å². The number of halogens is 2. The number of nitrogens with one attached hydrogen (secondary N) is 2. The minimum Gasteiger partial charge on any atom is -0.508 e. The van der Waals surface area contributed by atoms with E-state index in [-0.39, 0.29) is 11.7 Å². The molecule has 9 heteroatoms. The monoisotopic (exact) mass is 451 g/mol. The van der Waals surface area contributed by atoms with Crippen LogP contribution in [0.25, 0.3) is 0 Å². The highest BCUT2D eigenvalue weighted by Gasteiger charge is 2.49. The van der Waals surface area contributed by atoms with Gasteiger partial charge in [0.05, 0.1) is 0 Å². The summed E-state index contributed by atoms with van der Waals surface area (Å²) in [6.45, 7) is 1.39. The maximum absolute atomic E-state index is 12.5. The minimum absolute atomic E-state index is 0.0275. The second-order valence-corrected chi connectivity index (χ2v) is 7.34. The van der Waals surface area contributed by atoms with Gasteiger partial charge >= 0.3 is 0 Å². The molecular formula is C18H15BrClN3O4. The van der Waals surface area contributed by atoms with Crippen LogP contribution >= 0.6 is 27.5 Å². The smallest absolute Gasteiger partial charge is 0.269 e. The number of amides is 3. The summed E-state index contributed by atoms with van der Waals surface area (Å²) in [7, 11) is 0. The van der Waals surface area contributed by atoms with Crippen molar-refractivity contribution < 1.29 is 19.5 Å². The van der Waals surface area contributed by atoms with Crippen LogP contribution in [0.2, 0.25) is 0 Å². The number of rotatable bonds is 4. The van der Waals surface area contributed by atoms with Gasteiger partial charge in [-0.2, -0.15) is 0 Å². The number of carbonyl (C=O) groups is 3. The normalized spacial score (nSPS) is 18.6. The fraction of sp³-hybridized carbons (Fsp3) is 0.167. The Bertz CT molecular complexity index is 919. The fourth-order valence-electron chi connectivity index (χ4n) is 2.72. The lowest BCUT2D eigenvalue weighted by Gasteiger charge is -2.44. The number of hydrogen-bond donors (Lipinski definition) is 3. The lowest BCUT2D eigenvalue weighted by molar-refractivity contribution is -0.149. The SMILES string of the molecule is CC(=O)Nc1ccc(C(=O)NN2C(=O)[C@@H](Cl)[C@@H]2c2cc(Br)ccc2O)cc1. The van der Waals surface area contributed by atoms with E-state index in [0.29, 0.717) is 21.3 Å². The molecule has 1 fully saturated rings. The molecule has 3 amide bonds. The zero-order chi connectivity index (χ0) is 19.7. The molecule has 3 rings (SSSR count). The highest BCUT2D eigenvalue weighted by atomic mass is 79.9. The van der Waals surface area contributed by atoms with Gasteiger partial charge in [0.2, 0.25) is 5.91 Å². The molecule has 0 radical (unpaired) electrons. The number of phenolic OH excluding ortho intramolecular Hbond substituents is 1. The van der Waals surface area contributed by atoms with Gasteiger partial charge in [0.25, 0.3) is 11.8 Å². The minimum atomic E-state index is -0.896. The number of alkyl halides is 1. The van der Waals surface area contributed by atoms with E-state index in [9.17, 15) is 19.5 Å². The molecular weight excluding hydrogens is 438 g/mol. The average molecular weight is 453 g/mol. The van der Waals surface area contributed by atoms with Crippen molar-refractivity contribution in [1.29, 1.82) is 0 Å². The zero-order valence-electron chi connectivity index (χ0n) is 14.1. The molecule has 3 N–H and O–H groups in total. The van der Waals surface area contributed by atoms with Crippen molar-refractivity contribution in [1.82, 2.24) is 10.4 Å². The molecule has 2 aromatic carbocycles. The van der Waals surface area contributed by atoms with Crippen LogP contribution in [0.5, 0.6) is 5.75 Å². The van der Waals surface area contributed by atoms with Crippen molar-refractivity contribution in [2.24, 2.45) is 0 Å². The Morgan fingerprint density at radius 3 is 2.48 bits per heavy atom. The van der Waals surface area contributed by atoms with Crippen molar-refractivity contribution in [3.8, 4) is 5.75 Å². The van der Waals surface area contributed by atoms with E-state index in [4.69, 9.17) is 11.6 Å². The third-order valence-electron chi connectivity index (χ3n) is 4.03. The van der Waals surface area contributed by atoms with E-state index in [1.165, 1.54) is 25.1 Å². The van der Waals surface area contributed by atoms with Crippen molar-refractivity contribution in [3.05, 3.63) is 58.1 Å². The molecule has 1 saturated heterocycles. The predicted molar refractivity (Wildman–Crippen MR) is 103 cm³/mol. The molecule has 0 aliphatic carbocycles. The standard InChI is InChI=1S/C18H15BrClN3O4/c1-9(24)21-12-5-2-10(3-6-12)17(26)22-23-16(15(20)18(23)27)13-8-11(19)4-7-14(13)25/h2-8,15-16,25H,1H3,(H,21,24)(H,22,26)/t15-,16-/m0/s1. The van der Waals surface area contributed by atoms with Crippen LogP contribution in [0, 0.1) is 0 Å². The van der Waals surface area contributed by atoms with E-state index in [0.717, 1.165) is 5.01 Å². The van der Waals surface area contributed by atoms with Gasteiger partial charge in [-0.25, -0.2) is 5.01 Å². The molecule has 0 aromatic heterocycles. The lowest BCUT2D eigenvalue weighted by Crippen LogP contribution is -2.63. The maximum atomic E-state index is 12.5. The van der Waals surface area contributed by atoms with Gasteiger partial charge < -0.3 is 10.4 Å². The Balaban J connectivity index is 1.77. The zero-order valence-corrected chi connectivity index (χ0v) is 16.4. The molecule has 0 unspecified atom stereocenters. The van der Waals surface area contributed by atoms with Crippen LogP contribution in [-0.2, 0) is 9.59 Å². The number of hydrazine groups is 1. The number of β-lactam (4-membered cyclic amide) rings is 1. The third kappa shape index (κ3) is 3.91. The third-order valence-corrected chi connectivity index (χ3v) is 4.95. The van der Waals surface area contributed by atoms with Gasteiger partial charge in [-0.1, -0.05) is 15.9 Å². The van der Waals surface area contributed by atoms with E-state index in [1.54, 1.807) is 24.3 Å². The highest BCUT2D eigenvalue weighted by Crippen LogP contribution is 2.41. The van der Waals surface area contributed by atoms with Gasteiger partial charge in [-0.15, -0.1) is 11.6 Å². The first-order valence-corrected chi connectivity index (χ1v) is 9.15. The summed E-state index contributed by atoms with van der Waals surface area (Å²) in [4.78, 5) is 35.6. The summed E-state index contributed by atoms with van der Waals surface area (Å²) in [5.74, 6) is -1.23. The van der Waals surface area contributed by atoms with Crippen molar-refractivity contribution in [2.75, 3.05) is 5.32 Å². The van der Waals surface area contributed by atoms with Gasteiger partial charge in [-0.3, -0.25) is 19.8 Å². The van der Waals surface area contributed by atoms with Crippen LogP contribution in [0.3, 0.4) is 0 Å². The number of anilines is 1. The fourth-order valence-corrected chi connectivity index (χ4v) is 3.45. The number of nitrogens with zero attached hydrogens (tertiary/aromatic N) is 1. The lowest BCUT2D eigenvalue weighted by atomic mass is 9.94. The molecule has 2 atom stereocenters. The molecule has 0 bridgehead atoms. The molecule has 1 aliphatic rings. The Kier molecular flexibility index (Phi) is 5.38. The quantitative estimate of drug-likeness (QED) is 0.491. The molecule has 140 valence electrons. The number of phenols is 1. The molecule has 27 heavy (non-hydrogen) atoms. The largest absolute Gasteiger partial charge is 0.508 e. The Morgan fingerprint density at radius 2 is 1.85 bits per heavy atom. The Hall–Kier alpha value is -2.58. The number of carbonyl (C=O) groups excluding carboxylic acids is 3. The summed E-state index contributed by atoms with van der Waals surface area (Å²) in [6, 6.07) is 10.3. The molecule has 0 spiro atoms. The number of benzene rings is 2. The van der Waals surface area contributed by atoms with E-state index >= 15 is 0 Å². The summed E-state index contributed by atoms with van der Waals surface area (Å²) >= 11 is 9.42. The first kappa shape index (κ1) is 19.2. The van der Waals surface area contributed by atoms with Gasteiger partial charge in [-0.05, 0) is 42.5 Å². The first-order chi connectivity index (χ1) is 12.8. The molecule has 0 saturated carbocycles. The van der Waals surface area contributed by atoms with Gasteiger partial charge in [0, 0.05) is 28.2 Å². The van der Waals surface area contributed by atoms with E-state index in [2.05, 4.69) is 26.7 Å². The van der Waals surface area contributed by atoms with Gasteiger partial charge in [0.1, 0.15) is 17.2 Å². The first-order valence-electron chi connectivity index (χ1n) is 7.92. The highest BCUT2D eigenvalue weighted by molar-refractivity contribution is 9.10.